The van der Waals surface area contributed by atoms with Crippen LogP contribution in [0.15, 0.2) is 35.5 Å². The molecule has 23 heavy (non-hydrogen) atoms. The number of aryl methyl sites for hydroxylation is 1. The monoisotopic (exact) mass is 314 g/mol. The third-order valence-corrected chi connectivity index (χ3v) is 4.23. The molecule has 0 atom stereocenters. The Balaban J connectivity index is 1.46. The van der Waals surface area contributed by atoms with E-state index in [1.54, 1.807) is 30.7 Å². The van der Waals surface area contributed by atoms with Gasteiger partial charge in [0.05, 0.1) is 17.9 Å². The van der Waals surface area contributed by atoms with Crippen LogP contribution in [0.5, 0.6) is 0 Å². The van der Waals surface area contributed by atoms with Crippen molar-refractivity contribution in [2.45, 2.75) is 20.0 Å². The van der Waals surface area contributed by atoms with Gasteiger partial charge in [-0.05, 0) is 13.0 Å². The van der Waals surface area contributed by atoms with Crippen LogP contribution in [0, 0.1) is 6.92 Å². The Morgan fingerprint density at radius 1 is 1.00 bits per heavy atom. The van der Waals surface area contributed by atoms with Crippen LogP contribution in [0.1, 0.15) is 11.4 Å². The van der Waals surface area contributed by atoms with Crippen molar-refractivity contribution in [3.8, 4) is 0 Å². The topological polar surface area (TPSA) is 67.2 Å². The van der Waals surface area contributed by atoms with Gasteiger partial charge in [-0.2, -0.15) is 5.10 Å². The van der Waals surface area contributed by atoms with E-state index in [1.807, 2.05) is 6.92 Å². The van der Waals surface area contributed by atoms with Gasteiger partial charge < -0.3 is 0 Å². The number of piperazine rings is 1. The molecule has 0 radical (unpaired) electrons. The summed E-state index contributed by atoms with van der Waals surface area (Å²) in [6.07, 6.45) is 5.14. The van der Waals surface area contributed by atoms with E-state index in [0.717, 1.165) is 50.7 Å². The molecule has 0 saturated carbocycles. The number of hydrogen-bond donors (Lipinski definition) is 0. The first kappa shape index (κ1) is 15.8. The first-order chi connectivity index (χ1) is 11.2. The third kappa shape index (κ3) is 4.20. The Bertz CT molecular complexity index is 693. The summed E-state index contributed by atoms with van der Waals surface area (Å²) in [6.45, 7) is 8.37. The average molecular weight is 314 g/mol. The number of hydrogen-bond acceptors (Lipinski definition) is 6. The van der Waals surface area contributed by atoms with Gasteiger partial charge in [-0.3, -0.25) is 24.6 Å². The Morgan fingerprint density at radius 3 is 2.48 bits per heavy atom. The molecule has 0 N–H and O–H groups in total. The lowest BCUT2D eigenvalue weighted by Gasteiger charge is -2.34. The standard InChI is InChI=1S/C16H22N6O/c1-14-15(18-6-5-17-14)13-21-9-7-20(8-10-21)11-12-22-16(23)3-2-4-19-22/h2-6H,7-13H2,1H3. The van der Waals surface area contributed by atoms with Crippen molar-refractivity contribution in [3.63, 3.8) is 0 Å². The molecule has 0 aliphatic carbocycles. The molecule has 1 aliphatic heterocycles. The summed E-state index contributed by atoms with van der Waals surface area (Å²) < 4.78 is 1.52. The minimum Gasteiger partial charge on any atom is -0.299 e. The van der Waals surface area contributed by atoms with Crippen LogP contribution in [-0.2, 0) is 13.1 Å². The first-order valence-electron chi connectivity index (χ1n) is 7.96. The molecule has 0 unspecified atom stereocenters. The van der Waals surface area contributed by atoms with E-state index in [9.17, 15) is 4.79 Å². The quantitative estimate of drug-likeness (QED) is 0.783. The van der Waals surface area contributed by atoms with Crippen LogP contribution in [0.25, 0.3) is 0 Å². The van der Waals surface area contributed by atoms with Crippen LogP contribution >= 0.6 is 0 Å². The summed E-state index contributed by atoms with van der Waals surface area (Å²) in [5.74, 6) is 0. The largest absolute Gasteiger partial charge is 0.299 e. The zero-order valence-electron chi connectivity index (χ0n) is 13.4. The molecule has 2 aromatic rings. The van der Waals surface area contributed by atoms with Crippen molar-refractivity contribution in [1.29, 1.82) is 0 Å². The number of nitrogens with zero attached hydrogens (tertiary/aromatic N) is 6. The lowest BCUT2D eigenvalue weighted by atomic mass is 10.2. The van der Waals surface area contributed by atoms with Gasteiger partial charge in [0, 0.05) is 63.9 Å². The molecule has 1 aliphatic rings. The predicted octanol–water partition coefficient (Wildman–Crippen LogP) is 0.160. The highest BCUT2D eigenvalue weighted by atomic mass is 16.1. The summed E-state index contributed by atoms with van der Waals surface area (Å²) >= 11 is 0. The maximum Gasteiger partial charge on any atom is 0.266 e. The smallest absolute Gasteiger partial charge is 0.266 e. The van der Waals surface area contributed by atoms with Gasteiger partial charge in [0.1, 0.15) is 0 Å². The summed E-state index contributed by atoms with van der Waals surface area (Å²) in [7, 11) is 0. The molecule has 0 spiro atoms. The van der Waals surface area contributed by atoms with Gasteiger partial charge in [-0.15, -0.1) is 0 Å². The molecule has 0 aromatic carbocycles. The lowest BCUT2D eigenvalue weighted by molar-refractivity contribution is 0.121. The Hall–Kier alpha value is -2.12. The normalized spacial score (nSPS) is 16.6. The van der Waals surface area contributed by atoms with E-state index in [1.165, 1.54) is 4.68 Å². The molecule has 7 nitrogen and oxygen atoms in total. The van der Waals surface area contributed by atoms with Gasteiger partial charge in [0.25, 0.3) is 5.56 Å². The zero-order valence-corrected chi connectivity index (χ0v) is 13.4. The van der Waals surface area contributed by atoms with Crippen LogP contribution < -0.4 is 5.56 Å². The SMILES string of the molecule is Cc1nccnc1CN1CCN(CCn2ncccc2=O)CC1. The highest BCUT2D eigenvalue weighted by molar-refractivity contribution is 5.08. The number of aromatic nitrogens is 4. The highest BCUT2D eigenvalue weighted by Gasteiger charge is 2.18. The van der Waals surface area contributed by atoms with E-state index in [4.69, 9.17) is 0 Å². The molecule has 2 aromatic heterocycles. The molecule has 3 heterocycles. The van der Waals surface area contributed by atoms with Crippen molar-refractivity contribution in [2.24, 2.45) is 0 Å². The molecule has 122 valence electrons. The summed E-state index contributed by atoms with van der Waals surface area (Å²) in [4.78, 5) is 25.1. The fraction of sp³-hybridized carbons (Fsp3) is 0.500. The molecular weight excluding hydrogens is 292 g/mol. The average Bonchev–Trinajstić information content (AvgIpc) is 2.57. The first-order valence-corrected chi connectivity index (χ1v) is 7.96. The van der Waals surface area contributed by atoms with Crippen molar-refractivity contribution in [1.82, 2.24) is 29.5 Å². The molecule has 0 bridgehead atoms. The van der Waals surface area contributed by atoms with Gasteiger partial charge in [0.2, 0.25) is 0 Å². The van der Waals surface area contributed by atoms with Crippen molar-refractivity contribution in [3.05, 3.63) is 52.5 Å². The van der Waals surface area contributed by atoms with Crippen LogP contribution in [0.2, 0.25) is 0 Å². The maximum absolute atomic E-state index is 11.6. The van der Waals surface area contributed by atoms with Gasteiger partial charge in [-0.1, -0.05) is 0 Å². The van der Waals surface area contributed by atoms with Crippen molar-refractivity contribution in [2.75, 3.05) is 32.7 Å². The Morgan fingerprint density at radius 2 is 1.74 bits per heavy atom. The highest BCUT2D eigenvalue weighted by Crippen LogP contribution is 2.08. The molecule has 7 heteroatoms. The summed E-state index contributed by atoms with van der Waals surface area (Å²) in [6, 6.07) is 3.22. The Kier molecular flexibility index (Phi) is 5.09. The van der Waals surface area contributed by atoms with Gasteiger partial charge in [-0.25, -0.2) is 4.68 Å². The van der Waals surface area contributed by atoms with E-state index >= 15 is 0 Å². The third-order valence-electron chi connectivity index (χ3n) is 4.23. The predicted molar refractivity (Wildman–Crippen MR) is 87.0 cm³/mol. The molecule has 1 fully saturated rings. The van der Waals surface area contributed by atoms with Gasteiger partial charge >= 0.3 is 0 Å². The van der Waals surface area contributed by atoms with E-state index < -0.39 is 0 Å². The lowest BCUT2D eigenvalue weighted by Crippen LogP contribution is -2.47. The minimum atomic E-state index is -0.0377. The second-order valence-corrected chi connectivity index (χ2v) is 5.79. The van der Waals surface area contributed by atoms with Crippen LogP contribution in [0.3, 0.4) is 0 Å². The second-order valence-electron chi connectivity index (χ2n) is 5.79. The van der Waals surface area contributed by atoms with Gasteiger partial charge in [0.15, 0.2) is 0 Å². The van der Waals surface area contributed by atoms with Crippen molar-refractivity contribution < 1.29 is 0 Å². The maximum atomic E-state index is 11.6. The zero-order chi connectivity index (χ0) is 16.1. The minimum absolute atomic E-state index is 0.0377. The Labute approximate surface area is 135 Å². The van der Waals surface area contributed by atoms with E-state index in [-0.39, 0.29) is 5.56 Å². The summed E-state index contributed by atoms with van der Waals surface area (Å²) in [5, 5.41) is 4.10. The second kappa shape index (κ2) is 7.43. The van der Waals surface area contributed by atoms with Crippen LogP contribution in [0.4, 0.5) is 0 Å². The molecular formula is C16H22N6O. The summed E-state index contributed by atoms with van der Waals surface area (Å²) in [5.41, 5.74) is 2.02. The number of rotatable bonds is 5. The van der Waals surface area contributed by atoms with Crippen LogP contribution in [-0.4, -0.2) is 62.3 Å². The van der Waals surface area contributed by atoms with E-state index in [2.05, 4.69) is 24.9 Å². The molecule has 1 saturated heterocycles. The molecule has 0 amide bonds. The van der Waals surface area contributed by atoms with E-state index in [0.29, 0.717) is 6.54 Å². The fourth-order valence-corrected chi connectivity index (χ4v) is 2.77. The molecule has 3 rings (SSSR count). The fourth-order valence-electron chi connectivity index (χ4n) is 2.77. The van der Waals surface area contributed by atoms with Crippen molar-refractivity contribution >= 4 is 0 Å².